The Balaban J connectivity index is 2.19. The Labute approximate surface area is 127 Å². The van der Waals surface area contributed by atoms with Crippen LogP contribution in [0.5, 0.6) is 0 Å². The van der Waals surface area contributed by atoms with Crippen LogP contribution in [0.2, 0.25) is 5.02 Å². The van der Waals surface area contributed by atoms with Crippen LogP contribution in [-0.4, -0.2) is 5.11 Å². The molecule has 0 spiro atoms. The molecule has 0 amide bonds. The third-order valence-corrected chi connectivity index (χ3v) is 5.49. The summed E-state index contributed by atoms with van der Waals surface area (Å²) in [5.74, 6) is 0.301. The van der Waals surface area contributed by atoms with Gasteiger partial charge in [-0.25, -0.2) is 4.39 Å². The van der Waals surface area contributed by atoms with E-state index in [1.807, 2.05) is 0 Å². The predicted octanol–water partition coefficient (Wildman–Crippen LogP) is 5.49. The number of halogens is 3. The van der Waals surface area contributed by atoms with E-state index in [1.165, 1.54) is 6.42 Å². The molecule has 1 fully saturated rings. The molecule has 1 aromatic rings. The van der Waals surface area contributed by atoms with Crippen molar-refractivity contribution >= 4 is 27.5 Å². The zero-order valence-corrected chi connectivity index (χ0v) is 13.3. The van der Waals surface area contributed by atoms with Crippen molar-refractivity contribution in [3.8, 4) is 0 Å². The lowest BCUT2D eigenvalue weighted by atomic mass is 9.76. The Kier molecular flexibility index (Phi) is 5.27. The Hall–Kier alpha value is -0.120. The van der Waals surface area contributed by atoms with Gasteiger partial charge in [-0.05, 0) is 46.7 Å². The molecule has 1 aromatic carbocycles. The second kappa shape index (κ2) is 6.55. The summed E-state index contributed by atoms with van der Waals surface area (Å²) in [6, 6.07) is 3.33. The molecule has 4 heteroatoms. The summed E-state index contributed by atoms with van der Waals surface area (Å²) in [5.41, 5.74) is 0.329. The fourth-order valence-electron chi connectivity index (χ4n) is 3.01. The number of hydrogen-bond acceptors (Lipinski definition) is 1. The number of rotatable bonds is 3. The molecule has 1 N–H and O–H groups in total. The summed E-state index contributed by atoms with van der Waals surface area (Å²) in [4.78, 5) is 0. The van der Waals surface area contributed by atoms with Crippen molar-refractivity contribution in [3.05, 3.63) is 33.0 Å². The van der Waals surface area contributed by atoms with E-state index in [9.17, 15) is 9.50 Å². The average molecular weight is 350 g/mol. The van der Waals surface area contributed by atoms with Crippen molar-refractivity contribution in [1.82, 2.24) is 0 Å². The van der Waals surface area contributed by atoms with Gasteiger partial charge in [0.15, 0.2) is 0 Å². The van der Waals surface area contributed by atoms with E-state index >= 15 is 0 Å². The zero-order chi connectivity index (χ0) is 14.0. The molecular formula is C15H19BrClFO. The summed E-state index contributed by atoms with van der Waals surface area (Å²) in [6.07, 6.45) is 4.66. The van der Waals surface area contributed by atoms with Crippen LogP contribution in [0.25, 0.3) is 0 Å². The minimum absolute atomic E-state index is 0.0550. The standard InChI is InChI=1S/C15H19BrClFO/c1-2-9-4-3-5-10(8-9)15(19)11-6-7-12(16)13(17)14(11)18/h6-7,9-10,15,19H,2-5,8H2,1H3. The van der Waals surface area contributed by atoms with Crippen LogP contribution < -0.4 is 0 Å². The van der Waals surface area contributed by atoms with Gasteiger partial charge < -0.3 is 5.11 Å². The van der Waals surface area contributed by atoms with Crippen molar-refractivity contribution < 1.29 is 9.50 Å². The molecule has 19 heavy (non-hydrogen) atoms. The Morgan fingerprint density at radius 3 is 2.89 bits per heavy atom. The molecule has 1 aliphatic carbocycles. The third-order valence-electron chi connectivity index (χ3n) is 4.23. The molecule has 3 atom stereocenters. The molecule has 2 rings (SSSR count). The number of aliphatic hydroxyl groups excluding tert-OH is 1. The maximum atomic E-state index is 14.1. The number of benzene rings is 1. The van der Waals surface area contributed by atoms with E-state index in [4.69, 9.17) is 11.6 Å². The molecule has 0 aliphatic heterocycles. The molecule has 3 unspecified atom stereocenters. The molecule has 0 heterocycles. The lowest BCUT2D eigenvalue weighted by Gasteiger charge is -2.32. The van der Waals surface area contributed by atoms with Crippen LogP contribution in [0.4, 0.5) is 4.39 Å². The van der Waals surface area contributed by atoms with Crippen LogP contribution in [0.3, 0.4) is 0 Å². The first-order valence-electron chi connectivity index (χ1n) is 6.86. The quantitative estimate of drug-likeness (QED) is 0.715. The van der Waals surface area contributed by atoms with Crippen molar-refractivity contribution in [2.24, 2.45) is 11.8 Å². The second-order valence-electron chi connectivity index (χ2n) is 5.41. The Morgan fingerprint density at radius 2 is 2.21 bits per heavy atom. The van der Waals surface area contributed by atoms with Gasteiger partial charge >= 0.3 is 0 Å². The molecule has 1 nitrogen and oxygen atoms in total. The topological polar surface area (TPSA) is 20.2 Å². The van der Waals surface area contributed by atoms with E-state index in [-0.39, 0.29) is 10.9 Å². The highest BCUT2D eigenvalue weighted by atomic mass is 79.9. The van der Waals surface area contributed by atoms with E-state index in [1.54, 1.807) is 12.1 Å². The lowest BCUT2D eigenvalue weighted by Crippen LogP contribution is -2.22. The zero-order valence-electron chi connectivity index (χ0n) is 11.0. The van der Waals surface area contributed by atoms with E-state index in [2.05, 4.69) is 22.9 Å². The van der Waals surface area contributed by atoms with Crippen LogP contribution in [0.1, 0.15) is 50.7 Å². The van der Waals surface area contributed by atoms with Crippen molar-refractivity contribution in [2.45, 2.75) is 45.1 Å². The highest BCUT2D eigenvalue weighted by molar-refractivity contribution is 9.10. The molecule has 0 saturated heterocycles. The summed E-state index contributed by atoms with van der Waals surface area (Å²) in [7, 11) is 0. The second-order valence-corrected chi connectivity index (χ2v) is 6.64. The van der Waals surface area contributed by atoms with Gasteiger partial charge in [-0.3, -0.25) is 0 Å². The monoisotopic (exact) mass is 348 g/mol. The van der Waals surface area contributed by atoms with Crippen molar-refractivity contribution in [3.63, 3.8) is 0 Å². The third kappa shape index (κ3) is 3.32. The van der Waals surface area contributed by atoms with Crippen molar-refractivity contribution in [1.29, 1.82) is 0 Å². The maximum absolute atomic E-state index is 14.1. The van der Waals surface area contributed by atoms with Crippen LogP contribution >= 0.6 is 27.5 Å². The van der Waals surface area contributed by atoms with Gasteiger partial charge in [-0.2, -0.15) is 0 Å². The van der Waals surface area contributed by atoms with E-state index < -0.39 is 11.9 Å². The number of aliphatic hydroxyl groups is 1. The van der Waals surface area contributed by atoms with E-state index in [0.717, 1.165) is 25.7 Å². The van der Waals surface area contributed by atoms with Gasteiger partial charge in [-0.1, -0.05) is 43.9 Å². The molecule has 0 aromatic heterocycles. The molecule has 1 aliphatic rings. The Morgan fingerprint density at radius 1 is 1.47 bits per heavy atom. The molecule has 0 bridgehead atoms. The van der Waals surface area contributed by atoms with Gasteiger partial charge in [0, 0.05) is 10.0 Å². The van der Waals surface area contributed by atoms with Gasteiger partial charge in [0.05, 0.1) is 11.1 Å². The maximum Gasteiger partial charge on any atom is 0.148 e. The summed E-state index contributed by atoms with van der Waals surface area (Å²) in [6.45, 7) is 2.18. The fraction of sp³-hybridized carbons (Fsp3) is 0.600. The van der Waals surface area contributed by atoms with Crippen LogP contribution in [0.15, 0.2) is 16.6 Å². The minimum Gasteiger partial charge on any atom is -0.388 e. The SMILES string of the molecule is CCC1CCCC(C(O)c2ccc(Br)c(Cl)c2F)C1. The first-order chi connectivity index (χ1) is 9.04. The highest BCUT2D eigenvalue weighted by Crippen LogP contribution is 2.40. The average Bonchev–Trinajstić information content (AvgIpc) is 2.44. The molecule has 1 saturated carbocycles. The van der Waals surface area contributed by atoms with Crippen LogP contribution in [-0.2, 0) is 0 Å². The van der Waals surface area contributed by atoms with Crippen molar-refractivity contribution in [2.75, 3.05) is 0 Å². The van der Waals surface area contributed by atoms with Gasteiger partial charge in [0.1, 0.15) is 5.82 Å². The summed E-state index contributed by atoms with van der Waals surface area (Å²) in [5, 5.41) is 10.5. The largest absolute Gasteiger partial charge is 0.388 e. The predicted molar refractivity (Wildman–Crippen MR) is 79.8 cm³/mol. The lowest BCUT2D eigenvalue weighted by molar-refractivity contribution is 0.0650. The summed E-state index contributed by atoms with van der Waals surface area (Å²) >= 11 is 9.08. The highest BCUT2D eigenvalue weighted by Gasteiger charge is 2.29. The minimum atomic E-state index is -0.750. The molecule has 106 valence electrons. The van der Waals surface area contributed by atoms with Gasteiger partial charge in [0.2, 0.25) is 0 Å². The first-order valence-corrected chi connectivity index (χ1v) is 8.03. The normalized spacial score (nSPS) is 25.3. The molecule has 0 radical (unpaired) electrons. The Bertz CT molecular complexity index is 452. The van der Waals surface area contributed by atoms with Crippen LogP contribution in [0, 0.1) is 17.7 Å². The van der Waals surface area contributed by atoms with Gasteiger partial charge in [-0.15, -0.1) is 0 Å². The smallest absolute Gasteiger partial charge is 0.148 e. The fourth-order valence-corrected chi connectivity index (χ4v) is 3.49. The summed E-state index contributed by atoms with van der Waals surface area (Å²) < 4.78 is 14.7. The van der Waals surface area contributed by atoms with Gasteiger partial charge in [0.25, 0.3) is 0 Å². The number of hydrogen-bond donors (Lipinski definition) is 1. The van der Waals surface area contributed by atoms with E-state index in [0.29, 0.717) is 16.0 Å². The molecular weight excluding hydrogens is 331 g/mol. The first kappa shape index (κ1) is 15.3.